The summed E-state index contributed by atoms with van der Waals surface area (Å²) in [6.07, 6.45) is 1.29. The molecule has 0 radical (unpaired) electrons. The van der Waals surface area contributed by atoms with E-state index in [1.807, 2.05) is 48.2 Å². The van der Waals surface area contributed by atoms with Crippen molar-refractivity contribution in [3.8, 4) is 11.5 Å². The molecule has 0 saturated carbocycles. The van der Waals surface area contributed by atoms with Gasteiger partial charge in [-0.15, -0.1) is 0 Å². The van der Waals surface area contributed by atoms with Gasteiger partial charge in [0.15, 0.2) is 5.82 Å². The number of carbonyl (C=O) groups is 1. The highest BCUT2D eigenvalue weighted by Crippen LogP contribution is 2.29. The summed E-state index contributed by atoms with van der Waals surface area (Å²) < 4.78 is 5.50. The Morgan fingerprint density at radius 1 is 1.17 bits per heavy atom. The predicted molar refractivity (Wildman–Crippen MR) is 113 cm³/mol. The zero-order chi connectivity index (χ0) is 20.4. The molecule has 0 N–H and O–H groups in total. The lowest BCUT2D eigenvalue weighted by atomic mass is 10.1. The van der Waals surface area contributed by atoms with Gasteiger partial charge in [-0.3, -0.25) is 4.79 Å². The lowest BCUT2D eigenvalue weighted by molar-refractivity contribution is -0.127. The molecule has 6 nitrogen and oxygen atoms in total. The lowest BCUT2D eigenvalue weighted by Crippen LogP contribution is -2.27. The van der Waals surface area contributed by atoms with Crippen LogP contribution >= 0.6 is 0 Å². The van der Waals surface area contributed by atoms with E-state index in [4.69, 9.17) is 4.52 Å². The summed E-state index contributed by atoms with van der Waals surface area (Å²) in [5.74, 6) is 1.24. The molecule has 150 valence electrons. The van der Waals surface area contributed by atoms with Crippen LogP contribution in [0.5, 0.6) is 0 Å². The monoisotopic (exact) mass is 390 g/mol. The second-order valence-corrected chi connectivity index (χ2v) is 7.88. The summed E-state index contributed by atoms with van der Waals surface area (Å²) >= 11 is 0. The maximum atomic E-state index is 12.5. The van der Waals surface area contributed by atoms with E-state index in [-0.39, 0.29) is 11.8 Å². The van der Waals surface area contributed by atoms with Crippen LogP contribution in [-0.2, 0) is 11.2 Å². The van der Waals surface area contributed by atoms with E-state index in [2.05, 4.69) is 41.3 Å². The van der Waals surface area contributed by atoms with Crippen LogP contribution in [0, 0.1) is 6.92 Å². The van der Waals surface area contributed by atoms with Gasteiger partial charge in [-0.25, -0.2) is 0 Å². The van der Waals surface area contributed by atoms with E-state index in [1.54, 1.807) is 0 Å². The molecule has 6 heteroatoms. The number of hydrogen-bond acceptors (Lipinski definition) is 5. The second kappa shape index (κ2) is 8.07. The molecule has 4 rings (SSSR count). The first-order valence-corrected chi connectivity index (χ1v) is 9.94. The number of aromatic nitrogens is 2. The molecule has 3 aromatic rings. The summed E-state index contributed by atoms with van der Waals surface area (Å²) in [5, 5.41) is 4.17. The van der Waals surface area contributed by atoms with E-state index in [1.165, 1.54) is 11.1 Å². The van der Waals surface area contributed by atoms with Gasteiger partial charge in [-0.2, -0.15) is 4.98 Å². The molecule has 1 unspecified atom stereocenters. The Labute approximate surface area is 171 Å². The second-order valence-electron chi connectivity index (χ2n) is 7.88. The van der Waals surface area contributed by atoms with Crippen LogP contribution in [0.2, 0.25) is 0 Å². The van der Waals surface area contributed by atoms with Crippen LogP contribution in [0.1, 0.15) is 29.3 Å². The normalized spacial score (nSPS) is 16.4. The lowest BCUT2D eigenvalue weighted by Gasteiger charge is -2.16. The maximum Gasteiger partial charge on any atom is 0.258 e. The Balaban J connectivity index is 1.42. The van der Waals surface area contributed by atoms with Crippen LogP contribution in [0.25, 0.3) is 11.5 Å². The van der Waals surface area contributed by atoms with Gasteiger partial charge in [0, 0.05) is 50.8 Å². The smallest absolute Gasteiger partial charge is 0.258 e. The topological polar surface area (TPSA) is 62.5 Å². The molecule has 2 aromatic carbocycles. The third-order valence-corrected chi connectivity index (χ3v) is 5.38. The first-order chi connectivity index (χ1) is 14.0. The molecule has 29 heavy (non-hydrogen) atoms. The quantitative estimate of drug-likeness (QED) is 0.643. The van der Waals surface area contributed by atoms with Gasteiger partial charge < -0.3 is 14.3 Å². The molecule has 1 fully saturated rings. The fourth-order valence-electron chi connectivity index (χ4n) is 3.73. The van der Waals surface area contributed by atoms with Crippen molar-refractivity contribution in [2.75, 3.05) is 32.1 Å². The number of hydrogen-bond donors (Lipinski definition) is 0. The molecule has 0 spiro atoms. The van der Waals surface area contributed by atoms with Crippen molar-refractivity contribution in [2.24, 2.45) is 0 Å². The zero-order valence-corrected chi connectivity index (χ0v) is 17.1. The maximum absolute atomic E-state index is 12.5. The molecule has 2 heterocycles. The van der Waals surface area contributed by atoms with Gasteiger partial charge in [0.1, 0.15) is 0 Å². The number of likely N-dealkylation sites (tertiary alicyclic amines) is 1. The fraction of sp³-hybridized carbons (Fsp3) is 0.348. The average molecular weight is 390 g/mol. The van der Waals surface area contributed by atoms with Crippen molar-refractivity contribution < 1.29 is 9.32 Å². The summed E-state index contributed by atoms with van der Waals surface area (Å²) in [7, 11) is 3.99. The molecule has 1 aliphatic heterocycles. The Bertz CT molecular complexity index is 1010. The van der Waals surface area contributed by atoms with Crippen molar-refractivity contribution in [3.05, 3.63) is 65.5 Å². The number of benzene rings is 2. The van der Waals surface area contributed by atoms with Crippen molar-refractivity contribution in [2.45, 2.75) is 25.7 Å². The summed E-state index contributed by atoms with van der Waals surface area (Å²) in [5.41, 5.74) is 4.45. The molecule has 0 aliphatic carbocycles. The van der Waals surface area contributed by atoms with E-state index in [0.717, 1.165) is 17.7 Å². The molecule has 1 aliphatic rings. The zero-order valence-electron chi connectivity index (χ0n) is 17.1. The van der Waals surface area contributed by atoms with Crippen LogP contribution in [0.15, 0.2) is 53.1 Å². The standard InChI is InChI=1S/C23H26N4O2/c1-16-6-4-7-17(12-16)10-11-27-15-19(14-21(27)28)22-24-23(29-25-22)18-8-5-9-20(13-18)26(2)3/h4-9,12-13,19H,10-11,14-15H2,1-3H3. The molecule has 1 amide bonds. The van der Waals surface area contributed by atoms with Crippen LogP contribution in [0.3, 0.4) is 0 Å². The van der Waals surface area contributed by atoms with Gasteiger partial charge in [-0.05, 0) is 37.1 Å². The number of carbonyl (C=O) groups excluding carboxylic acids is 1. The van der Waals surface area contributed by atoms with Crippen LogP contribution in [0.4, 0.5) is 5.69 Å². The number of anilines is 1. The Hall–Kier alpha value is -3.15. The molecule has 1 atom stereocenters. The largest absolute Gasteiger partial charge is 0.378 e. The van der Waals surface area contributed by atoms with Crippen molar-refractivity contribution in [3.63, 3.8) is 0 Å². The molecule has 1 aromatic heterocycles. The summed E-state index contributed by atoms with van der Waals surface area (Å²) in [4.78, 5) is 21.0. The van der Waals surface area contributed by atoms with Crippen molar-refractivity contribution in [1.29, 1.82) is 0 Å². The van der Waals surface area contributed by atoms with Gasteiger partial charge in [-0.1, -0.05) is 41.1 Å². The van der Waals surface area contributed by atoms with Gasteiger partial charge in [0.05, 0.1) is 0 Å². The molecule has 1 saturated heterocycles. The Kier molecular flexibility index (Phi) is 5.34. The summed E-state index contributed by atoms with van der Waals surface area (Å²) in [6, 6.07) is 16.4. The first kappa shape index (κ1) is 19.2. The number of rotatable bonds is 6. The van der Waals surface area contributed by atoms with E-state index in [0.29, 0.717) is 31.2 Å². The van der Waals surface area contributed by atoms with Crippen molar-refractivity contribution >= 4 is 11.6 Å². The minimum atomic E-state index is -0.0189. The minimum Gasteiger partial charge on any atom is -0.378 e. The number of amides is 1. The Morgan fingerprint density at radius 2 is 2.00 bits per heavy atom. The van der Waals surface area contributed by atoms with Crippen LogP contribution in [-0.4, -0.2) is 48.1 Å². The molecular formula is C23H26N4O2. The minimum absolute atomic E-state index is 0.0189. The molecule has 0 bridgehead atoms. The number of nitrogens with zero attached hydrogens (tertiary/aromatic N) is 4. The number of aryl methyl sites for hydroxylation is 1. The highest BCUT2D eigenvalue weighted by atomic mass is 16.5. The van der Waals surface area contributed by atoms with Gasteiger partial charge in [0.25, 0.3) is 5.89 Å². The third-order valence-electron chi connectivity index (χ3n) is 5.38. The van der Waals surface area contributed by atoms with E-state index >= 15 is 0 Å². The highest BCUT2D eigenvalue weighted by Gasteiger charge is 2.33. The molecular weight excluding hydrogens is 364 g/mol. The summed E-state index contributed by atoms with van der Waals surface area (Å²) in [6.45, 7) is 3.44. The predicted octanol–water partition coefficient (Wildman–Crippen LogP) is 3.67. The average Bonchev–Trinajstić information content (AvgIpc) is 3.33. The SMILES string of the molecule is Cc1cccc(CCN2CC(c3noc(-c4cccc(N(C)C)c4)n3)CC2=O)c1. The van der Waals surface area contributed by atoms with E-state index in [9.17, 15) is 4.79 Å². The highest BCUT2D eigenvalue weighted by molar-refractivity contribution is 5.79. The van der Waals surface area contributed by atoms with Crippen molar-refractivity contribution in [1.82, 2.24) is 15.0 Å². The van der Waals surface area contributed by atoms with Crippen LogP contribution < -0.4 is 4.90 Å². The third kappa shape index (κ3) is 4.31. The Morgan fingerprint density at radius 3 is 2.79 bits per heavy atom. The van der Waals surface area contributed by atoms with Gasteiger partial charge >= 0.3 is 0 Å². The fourth-order valence-corrected chi connectivity index (χ4v) is 3.73. The van der Waals surface area contributed by atoms with Gasteiger partial charge in [0.2, 0.25) is 5.91 Å². The van der Waals surface area contributed by atoms with E-state index < -0.39 is 0 Å². The first-order valence-electron chi connectivity index (χ1n) is 9.94.